The van der Waals surface area contributed by atoms with Crippen LogP contribution in [0.2, 0.25) is 5.02 Å². The van der Waals surface area contributed by atoms with Crippen molar-refractivity contribution in [2.24, 2.45) is 0 Å². The number of rotatable bonds is 2. The van der Waals surface area contributed by atoms with Crippen LogP contribution in [0.5, 0.6) is 0 Å². The van der Waals surface area contributed by atoms with Crippen LogP contribution in [-0.4, -0.2) is 11.1 Å². The van der Waals surface area contributed by atoms with E-state index >= 15 is 0 Å². The molecule has 0 atom stereocenters. The van der Waals surface area contributed by atoms with E-state index in [4.69, 9.17) is 16.0 Å². The molecule has 0 aliphatic carbocycles. The minimum absolute atomic E-state index is 0.160. The van der Waals surface area contributed by atoms with Crippen molar-refractivity contribution in [2.75, 3.05) is 4.90 Å². The molecular formula is C19H10ClNO4S. The van der Waals surface area contributed by atoms with E-state index in [0.29, 0.717) is 16.3 Å². The van der Waals surface area contributed by atoms with E-state index < -0.39 is 16.8 Å². The van der Waals surface area contributed by atoms with Gasteiger partial charge in [-0.05, 0) is 54.2 Å². The van der Waals surface area contributed by atoms with Crippen LogP contribution in [0.3, 0.4) is 0 Å². The number of fused-ring (bicyclic) bond motifs is 1. The predicted molar refractivity (Wildman–Crippen MR) is 102 cm³/mol. The first-order valence-electron chi connectivity index (χ1n) is 7.59. The van der Waals surface area contributed by atoms with Gasteiger partial charge in [0.1, 0.15) is 5.58 Å². The molecule has 128 valence electrons. The summed E-state index contributed by atoms with van der Waals surface area (Å²) in [4.78, 5) is 38.3. The third-order valence-electron chi connectivity index (χ3n) is 3.83. The molecule has 1 aliphatic heterocycles. The molecule has 0 N–H and O–H groups in total. The van der Waals surface area contributed by atoms with E-state index in [9.17, 15) is 14.4 Å². The average molecular weight is 384 g/mol. The number of benzene rings is 2. The van der Waals surface area contributed by atoms with Crippen molar-refractivity contribution in [1.29, 1.82) is 0 Å². The van der Waals surface area contributed by atoms with E-state index in [1.807, 2.05) is 6.07 Å². The number of nitrogens with zero attached hydrogens (tertiary/aromatic N) is 1. The van der Waals surface area contributed by atoms with E-state index in [1.54, 1.807) is 48.5 Å². The molecule has 0 bridgehead atoms. The predicted octanol–water partition coefficient (Wildman–Crippen LogP) is 4.69. The minimum Gasteiger partial charge on any atom is -0.422 e. The highest BCUT2D eigenvalue weighted by atomic mass is 35.5. The Kier molecular flexibility index (Phi) is 4.14. The van der Waals surface area contributed by atoms with E-state index in [0.717, 1.165) is 22.0 Å². The number of anilines is 1. The van der Waals surface area contributed by atoms with Crippen molar-refractivity contribution in [1.82, 2.24) is 0 Å². The van der Waals surface area contributed by atoms with Crippen LogP contribution in [0.15, 0.2) is 68.7 Å². The van der Waals surface area contributed by atoms with Gasteiger partial charge >= 0.3 is 5.63 Å². The van der Waals surface area contributed by atoms with Gasteiger partial charge in [0.05, 0.1) is 16.2 Å². The van der Waals surface area contributed by atoms with Crippen LogP contribution in [0.25, 0.3) is 17.0 Å². The summed E-state index contributed by atoms with van der Waals surface area (Å²) in [5.41, 5.74) is 0.530. The summed E-state index contributed by atoms with van der Waals surface area (Å²) in [6, 6.07) is 15.1. The zero-order valence-electron chi connectivity index (χ0n) is 13.1. The van der Waals surface area contributed by atoms with Crippen LogP contribution < -0.4 is 10.5 Å². The third-order valence-corrected chi connectivity index (χ3v) is 4.96. The molecule has 1 saturated heterocycles. The molecule has 5 nitrogen and oxygen atoms in total. The van der Waals surface area contributed by atoms with Crippen LogP contribution in [0.4, 0.5) is 10.5 Å². The molecule has 0 saturated carbocycles. The summed E-state index contributed by atoms with van der Waals surface area (Å²) in [7, 11) is 0. The Hall–Kier alpha value is -2.83. The molecular weight excluding hydrogens is 374 g/mol. The number of para-hydroxylation sites is 1. The molecule has 1 aromatic heterocycles. The van der Waals surface area contributed by atoms with Gasteiger partial charge in [0, 0.05) is 10.4 Å². The van der Waals surface area contributed by atoms with E-state index in [2.05, 4.69) is 0 Å². The number of hydrogen-bond donors (Lipinski definition) is 0. The van der Waals surface area contributed by atoms with Gasteiger partial charge in [0.15, 0.2) is 0 Å². The second-order valence-electron chi connectivity index (χ2n) is 5.52. The highest BCUT2D eigenvalue weighted by molar-refractivity contribution is 8.19. The van der Waals surface area contributed by atoms with Gasteiger partial charge in [0.2, 0.25) is 0 Å². The van der Waals surface area contributed by atoms with Gasteiger partial charge in [-0.1, -0.05) is 29.8 Å². The van der Waals surface area contributed by atoms with Crippen LogP contribution in [-0.2, 0) is 4.79 Å². The molecule has 2 amide bonds. The summed E-state index contributed by atoms with van der Waals surface area (Å²) in [6.45, 7) is 0. The van der Waals surface area contributed by atoms with Crippen molar-refractivity contribution in [2.45, 2.75) is 0 Å². The molecule has 0 unspecified atom stereocenters. The van der Waals surface area contributed by atoms with Gasteiger partial charge in [-0.2, -0.15) is 0 Å². The smallest absolute Gasteiger partial charge is 0.343 e. The number of imide groups is 1. The van der Waals surface area contributed by atoms with E-state index in [-0.39, 0.29) is 10.5 Å². The van der Waals surface area contributed by atoms with Gasteiger partial charge in [-0.3, -0.25) is 9.59 Å². The largest absolute Gasteiger partial charge is 0.422 e. The molecule has 1 aliphatic rings. The second-order valence-corrected chi connectivity index (χ2v) is 6.95. The summed E-state index contributed by atoms with van der Waals surface area (Å²) in [5, 5.41) is 0.800. The lowest BCUT2D eigenvalue weighted by molar-refractivity contribution is -0.113. The normalized spacial score (nSPS) is 16.0. The van der Waals surface area contributed by atoms with Gasteiger partial charge in [-0.15, -0.1) is 0 Å². The Morgan fingerprint density at radius 3 is 2.50 bits per heavy atom. The monoisotopic (exact) mass is 383 g/mol. The Bertz CT molecular complexity index is 1130. The number of halogens is 1. The third kappa shape index (κ3) is 2.94. The first kappa shape index (κ1) is 16.6. The molecule has 3 aromatic rings. The molecule has 7 heteroatoms. The molecule has 4 rings (SSSR count). The minimum atomic E-state index is -0.568. The molecule has 26 heavy (non-hydrogen) atoms. The fraction of sp³-hybridized carbons (Fsp3) is 0. The van der Waals surface area contributed by atoms with Crippen molar-refractivity contribution in [3.8, 4) is 0 Å². The Labute approximate surface area is 156 Å². The highest BCUT2D eigenvalue weighted by Crippen LogP contribution is 2.35. The van der Waals surface area contributed by atoms with Crippen molar-refractivity contribution >= 4 is 57.2 Å². The number of hydrogen-bond acceptors (Lipinski definition) is 5. The highest BCUT2D eigenvalue weighted by Gasteiger charge is 2.36. The number of carbonyl (C=O) groups is 2. The van der Waals surface area contributed by atoms with Gasteiger partial charge in [-0.25, -0.2) is 9.69 Å². The number of amides is 2. The summed E-state index contributed by atoms with van der Waals surface area (Å²) in [5.74, 6) is -0.491. The van der Waals surface area contributed by atoms with Crippen molar-refractivity contribution < 1.29 is 14.0 Å². The summed E-state index contributed by atoms with van der Waals surface area (Å²) < 4.78 is 5.26. The first-order chi connectivity index (χ1) is 12.5. The maximum Gasteiger partial charge on any atom is 0.343 e. The maximum absolute atomic E-state index is 12.6. The number of thioether (sulfide) groups is 1. The zero-order chi connectivity index (χ0) is 18.3. The fourth-order valence-electron chi connectivity index (χ4n) is 2.60. The molecule has 0 radical (unpaired) electrons. The lowest BCUT2D eigenvalue weighted by Crippen LogP contribution is -2.27. The molecule has 1 fully saturated rings. The van der Waals surface area contributed by atoms with Crippen molar-refractivity contribution in [3.63, 3.8) is 0 Å². The fourth-order valence-corrected chi connectivity index (χ4v) is 3.56. The summed E-state index contributed by atoms with van der Waals surface area (Å²) >= 11 is 6.62. The maximum atomic E-state index is 12.6. The molecule has 2 aromatic carbocycles. The quantitative estimate of drug-likeness (QED) is 0.474. The lowest BCUT2D eigenvalue weighted by Gasteiger charge is -2.12. The van der Waals surface area contributed by atoms with E-state index in [1.165, 1.54) is 6.08 Å². The topological polar surface area (TPSA) is 67.6 Å². The van der Waals surface area contributed by atoms with Crippen LogP contribution in [0, 0.1) is 0 Å². The Morgan fingerprint density at radius 1 is 1.00 bits per heavy atom. The first-order valence-corrected chi connectivity index (χ1v) is 8.79. The standard InChI is InChI=1S/C19H10ClNO4S/c20-13-5-7-14(8-6-13)21-17(22)16(26-19(21)24)10-12-9-11-3-1-2-4-15(11)25-18(12)23/h1-10H/b16-10-. The van der Waals surface area contributed by atoms with Crippen LogP contribution >= 0.6 is 23.4 Å². The molecule has 2 heterocycles. The second kappa shape index (κ2) is 6.48. The molecule has 0 spiro atoms. The average Bonchev–Trinajstić information content (AvgIpc) is 2.90. The SMILES string of the molecule is O=C1S/C(=C\c2cc3ccccc3oc2=O)C(=O)N1c1ccc(Cl)cc1. The van der Waals surface area contributed by atoms with Gasteiger partial charge < -0.3 is 4.42 Å². The van der Waals surface area contributed by atoms with Gasteiger partial charge in [0.25, 0.3) is 11.1 Å². The Morgan fingerprint density at radius 2 is 1.73 bits per heavy atom. The zero-order valence-corrected chi connectivity index (χ0v) is 14.7. The lowest BCUT2D eigenvalue weighted by atomic mass is 10.1. The van der Waals surface area contributed by atoms with Crippen LogP contribution in [0.1, 0.15) is 5.56 Å². The Balaban J connectivity index is 1.73. The summed E-state index contributed by atoms with van der Waals surface area (Å²) in [6.07, 6.45) is 1.39. The van der Waals surface area contributed by atoms with Crippen molar-refractivity contribution in [3.05, 3.63) is 80.5 Å². The number of carbonyl (C=O) groups excluding carboxylic acids is 2.